The summed E-state index contributed by atoms with van der Waals surface area (Å²) < 4.78 is 5.53. The molecule has 2 aliphatic rings. The van der Waals surface area contributed by atoms with E-state index in [0.717, 1.165) is 18.4 Å². The Hall–Kier alpha value is -4.69. The molecule has 55 heavy (non-hydrogen) atoms. The Morgan fingerprint density at radius 1 is 0.873 bits per heavy atom. The fraction of sp³-hybridized carbons (Fsp3) is 0.675. The Labute approximate surface area is 325 Å². The van der Waals surface area contributed by atoms with Crippen LogP contribution in [0.15, 0.2) is 24.3 Å². The van der Waals surface area contributed by atoms with Gasteiger partial charge in [0.15, 0.2) is 0 Å². The predicted octanol–water partition coefficient (Wildman–Crippen LogP) is 4.30. The first-order valence-electron chi connectivity index (χ1n) is 19.5. The average molecular weight is 770 g/mol. The number of nitrogens with two attached hydrogens (primary N) is 1. The highest BCUT2D eigenvalue weighted by molar-refractivity contribution is 6.04. The molecule has 2 saturated heterocycles. The van der Waals surface area contributed by atoms with Crippen LogP contribution in [-0.2, 0) is 35.3 Å². The Bertz CT molecular complexity index is 1520. The van der Waals surface area contributed by atoms with Gasteiger partial charge in [0.25, 0.3) is 0 Å². The highest BCUT2D eigenvalue weighted by Crippen LogP contribution is 2.36. The van der Waals surface area contributed by atoms with Gasteiger partial charge in [0, 0.05) is 44.7 Å². The average Bonchev–Trinajstić information content (AvgIpc) is 3.40. The summed E-state index contributed by atoms with van der Waals surface area (Å²) in [6, 6.07) is 3.61. The van der Waals surface area contributed by atoms with Crippen molar-refractivity contribution in [3.8, 4) is 0 Å². The Morgan fingerprint density at radius 2 is 1.51 bits per heavy atom. The van der Waals surface area contributed by atoms with E-state index < -0.39 is 29.9 Å². The van der Waals surface area contributed by atoms with E-state index in [1.165, 1.54) is 4.90 Å². The summed E-state index contributed by atoms with van der Waals surface area (Å²) in [5, 5.41) is 10.4. The van der Waals surface area contributed by atoms with Crippen molar-refractivity contribution >= 4 is 47.3 Å². The van der Waals surface area contributed by atoms with Gasteiger partial charge in [-0.15, -0.1) is 0 Å². The maximum atomic E-state index is 13.4. The van der Waals surface area contributed by atoms with E-state index in [2.05, 4.69) is 42.0 Å². The van der Waals surface area contributed by atoms with E-state index in [0.29, 0.717) is 50.5 Å². The van der Waals surface area contributed by atoms with Crippen molar-refractivity contribution in [2.45, 2.75) is 119 Å². The second kappa shape index (κ2) is 19.8. The highest BCUT2D eigenvalue weighted by Gasteiger charge is 2.44. The summed E-state index contributed by atoms with van der Waals surface area (Å²) in [7, 11) is 0. The first-order valence-corrected chi connectivity index (χ1v) is 19.5. The molecular weight excluding hydrogens is 706 g/mol. The number of rotatable bonds is 16. The quantitative estimate of drug-likeness (QED) is 0.121. The topological polar surface area (TPSA) is 209 Å². The third-order valence-corrected chi connectivity index (χ3v) is 10.5. The number of piperidine rings is 1. The highest BCUT2D eigenvalue weighted by atomic mass is 16.6. The molecule has 1 aromatic rings. The third kappa shape index (κ3) is 13.8. The number of nitrogens with one attached hydrogen (secondary N) is 4. The fourth-order valence-electron chi connectivity index (χ4n) is 6.86. The normalized spacial score (nSPS) is 17.8. The number of urea groups is 1. The maximum absolute atomic E-state index is 13.4. The molecule has 2 fully saturated rings. The molecule has 0 saturated carbocycles. The number of anilines is 1. The molecular formula is C40H63N7O8. The van der Waals surface area contributed by atoms with Crippen molar-refractivity contribution in [3.63, 3.8) is 0 Å². The molecule has 6 N–H and O–H groups in total. The number of primary amides is 1. The number of amides is 8. The molecule has 1 unspecified atom stereocenters. The van der Waals surface area contributed by atoms with Gasteiger partial charge in [-0.1, -0.05) is 73.9 Å². The molecule has 0 bridgehead atoms. The molecule has 0 aliphatic carbocycles. The summed E-state index contributed by atoms with van der Waals surface area (Å²) in [5.41, 5.74) is 6.28. The van der Waals surface area contributed by atoms with Crippen LogP contribution < -0.4 is 27.0 Å². The van der Waals surface area contributed by atoms with Crippen molar-refractivity contribution in [2.75, 3.05) is 31.5 Å². The summed E-state index contributed by atoms with van der Waals surface area (Å²) in [6.45, 7) is 17.4. The van der Waals surface area contributed by atoms with Gasteiger partial charge >= 0.3 is 12.1 Å². The van der Waals surface area contributed by atoms with E-state index in [9.17, 15) is 33.6 Å². The van der Waals surface area contributed by atoms with Crippen LogP contribution in [0.25, 0.3) is 0 Å². The number of nitrogens with zero attached hydrogens (tertiary/aromatic N) is 2. The Morgan fingerprint density at radius 3 is 2.05 bits per heavy atom. The summed E-state index contributed by atoms with van der Waals surface area (Å²) in [4.78, 5) is 91.9. The van der Waals surface area contributed by atoms with Gasteiger partial charge in [-0.2, -0.15) is 0 Å². The lowest BCUT2D eigenvalue weighted by molar-refractivity contribution is -0.140. The predicted molar refractivity (Wildman–Crippen MR) is 208 cm³/mol. The van der Waals surface area contributed by atoms with Gasteiger partial charge in [-0.05, 0) is 66.0 Å². The van der Waals surface area contributed by atoms with Gasteiger partial charge in [-0.25, -0.2) is 9.59 Å². The number of ether oxygens (including phenoxy) is 1. The molecule has 0 radical (unpaired) electrons. The molecule has 0 spiro atoms. The van der Waals surface area contributed by atoms with E-state index in [1.54, 1.807) is 43.0 Å². The monoisotopic (exact) mass is 769 g/mol. The standard InChI is InChI=1S/C40H63N7O8/c1-25(2)33(45-31(48)12-10-9-11-19-47-32(49)22-29(36(47)52)40(6,7)8)35(51)44-30(23-42-37(41)53)34(50)43-28-15-13-26(14-16-28)24-55-38(54)46-20-17-27(18-21-46)39(3,4)5/h13-16,25,27,29-30,33H,9-12,17-24H2,1-8H3,(H,43,50)(H,44,51)(H,45,48)(H3,41,42,53)/t29?,30-,33-/m0/s1. The van der Waals surface area contributed by atoms with Crippen LogP contribution in [0.5, 0.6) is 0 Å². The summed E-state index contributed by atoms with van der Waals surface area (Å²) in [6.07, 6.45) is 3.51. The lowest BCUT2D eigenvalue weighted by atomic mass is 9.75. The summed E-state index contributed by atoms with van der Waals surface area (Å²) >= 11 is 0. The zero-order valence-corrected chi connectivity index (χ0v) is 33.9. The van der Waals surface area contributed by atoms with Crippen LogP contribution in [0.3, 0.4) is 0 Å². The molecule has 306 valence electrons. The number of unbranched alkanes of at least 4 members (excludes halogenated alkanes) is 2. The minimum absolute atomic E-state index is 0.0639. The molecule has 3 rings (SSSR count). The van der Waals surface area contributed by atoms with Crippen LogP contribution in [0.1, 0.15) is 106 Å². The Balaban J connectivity index is 1.48. The lowest BCUT2D eigenvalue weighted by Gasteiger charge is -2.38. The minimum Gasteiger partial charge on any atom is -0.445 e. The number of benzene rings is 1. The molecule has 2 aliphatic heterocycles. The minimum atomic E-state index is -1.23. The smallest absolute Gasteiger partial charge is 0.410 e. The van der Waals surface area contributed by atoms with Gasteiger partial charge in [0.1, 0.15) is 18.7 Å². The van der Waals surface area contributed by atoms with Gasteiger partial charge in [0.05, 0.1) is 5.92 Å². The van der Waals surface area contributed by atoms with Crippen LogP contribution in [0.2, 0.25) is 0 Å². The zero-order valence-electron chi connectivity index (χ0n) is 33.9. The first-order chi connectivity index (χ1) is 25.7. The van der Waals surface area contributed by atoms with Crippen LogP contribution in [-0.4, -0.2) is 89.7 Å². The molecule has 8 amide bonds. The number of carbonyl (C=O) groups is 7. The van der Waals surface area contributed by atoms with Crippen molar-refractivity contribution in [1.82, 2.24) is 25.8 Å². The van der Waals surface area contributed by atoms with E-state index in [1.807, 2.05) is 20.8 Å². The number of imide groups is 1. The van der Waals surface area contributed by atoms with Crippen molar-refractivity contribution in [3.05, 3.63) is 29.8 Å². The van der Waals surface area contributed by atoms with Crippen LogP contribution in [0, 0.1) is 28.6 Å². The zero-order chi connectivity index (χ0) is 41.1. The molecule has 2 heterocycles. The van der Waals surface area contributed by atoms with E-state index in [-0.39, 0.29) is 72.5 Å². The van der Waals surface area contributed by atoms with Crippen LogP contribution >= 0.6 is 0 Å². The van der Waals surface area contributed by atoms with Crippen molar-refractivity contribution in [1.29, 1.82) is 0 Å². The molecule has 1 aromatic carbocycles. The van der Waals surface area contributed by atoms with E-state index in [4.69, 9.17) is 10.5 Å². The molecule has 3 atom stereocenters. The van der Waals surface area contributed by atoms with Gasteiger partial charge < -0.3 is 36.6 Å². The van der Waals surface area contributed by atoms with Gasteiger partial charge in [-0.3, -0.25) is 28.9 Å². The first kappa shape index (κ1) is 44.7. The Kier molecular flexibility index (Phi) is 16.1. The maximum Gasteiger partial charge on any atom is 0.410 e. The lowest BCUT2D eigenvalue weighted by Crippen LogP contribution is -2.57. The summed E-state index contributed by atoms with van der Waals surface area (Å²) in [5.74, 6) is -2.02. The molecule has 15 nitrogen and oxygen atoms in total. The van der Waals surface area contributed by atoms with Crippen molar-refractivity contribution < 1.29 is 38.3 Å². The number of likely N-dealkylation sites (tertiary alicyclic amines) is 2. The molecule has 0 aromatic heterocycles. The fourth-order valence-corrected chi connectivity index (χ4v) is 6.86. The number of hydrogen-bond acceptors (Lipinski definition) is 8. The van der Waals surface area contributed by atoms with E-state index >= 15 is 0 Å². The largest absolute Gasteiger partial charge is 0.445 e. The second-order valence-corrected chi connectivity index (χ2v) is 17.3. The SMILES string of the molecule is CC(C)[C@H](NC(=O)CCCCCN1C(=O)CC(C(C)(C)C)C1=O)C(=O)N[C@@H](CNC(N)=O)C(=O)Nc1ccc(COC(=O)N2CCC(C(C)(C)C)CC2)cc1. The second-order valence-electron chi connectivity index (χ2n) is 17.3. The number of carbonyl (C=O) groups excluding carboxylic acids is 7. The third-order valence-electron chi connectivity index (χ3n) is 10.5. The van der Waals surface area contributed by atoms with Crippen LogP contribution in [0.4, 0.5) is 15.3 Å². The van der Waals surface area contributed by atoms with Crippen molar-refractivity contribution in [2.24, 2.45) is 34.3 Å². The van der Waals surface area contributed by atoms with Gasteiger partial charge in [0.2, 0.25) is 29.5 Å². The number of hydrogen-bond donors (Lipinski definition) is 5. The molecule has 15 heteroatoms.